The second-order valence-corrected chi connectivity index (χ2v) is 14.8. The number of benzene rings is 9. The Morgan fingerprint density at radius 1 is 0.321 bits per heavy atom. The molecule has 0 unspecified atom stereocenters. The molecule has 56 heavy (non-hydrogen) atoms. The average molecular weight is 715 g/mol. The Morgan fingerprint density at radius 2 is 0.750 bits per heavy atom. The van der Waals surface area contributed by atoms with Crippen LogP contribution < -0.4 is 15.3 Å². The normalized spacial score (nSPS) is 12.4. The average Bonchev–Trinajstić information content (AvgIpc) is 3.62. The summed E-state index contributed by atoms with van der Waals surface area (Å²) >= 11 is 0. The van der Waals surface area contributed by atoms with Gasteiger partial charge in [0.15, 0.2) is 0 Å². The van der Waals surface area contributed by atoms with Gasteiger partial charge in [-0.3, -0.25) is 0 Å². The summed E-state index contributed by atoms with van der Waals surface area (Å²) in [6, 6.07) is 70.9. The van der Waals surface area contributed by atoms with E-state index in [2.05, 4.69) is 216 Å². The molecule has 0 bridgehead atoms. The third-order valence-electron chi connectivity index (χ3n) is 11.6. The van der Waals surface area contributed by atoms with Gasteiger partial charge in [0.05, 0.1) is 11.0 Å². The Kier molecular flexibility index (Phi) is 7.67. The van der Waals surface area contributed by atoms with Gasteiger partial charge < -0.3 is 9.47 Å². The summed E-state index contributed by atoms with van der Waals surface area (Å²) in [5, 5.41) is 10.5. The Labute approximate surface area is 326 Å². The van der Waals surface area contributed by atoms with Crippen LogP contribution in [0, 0.1) is 0 Å². The molecule has 0 radical (unpaired) electrons. The molecule has 0 fully saturated rings. The zero-order valence-electron chi connectivity index (χ0n) is 30.9. The summed E-state index contributed by atoms with van der Waals surface area (Å²) in [5.41, 5.74) is 11.8. The van der Waals surface area contributed by atoms with E-state index >= 15 is 0 Å². The van der Waals surface area contributed by atoms with E-state index in [4.69, 9.17) is 0 Å². The van der Waals surface area contributed by atoms with Gasteiger partial charge in [0, 0.05) is 33.5 Å². The van der Waals surface area contributed by atoms with Crippen LogP contribution in [0.15, 0.2) is 194 Å². The third-order valence-corrected chi connectivity index (χ3v) is 11.6. The van der Waals surface area contributed by atoms with Crippen LogP contribution in [0.2, 0.25) is 0 Å². The maximum atomic E-state index is 2.43. The molecule has 2 nitrogen and oxygen atoms in total. The monoisotopic (exact) mass is 714 g/mol. The second kappa shape index (κ2) is 13.3. The smallest absolute Gasteiger partial charge is 0.0541 e. The number of para-hydroxylation sites is 2. The van der Waals surface area contributed by atoms with Crippen molar-refractivity contribution in [3.8, 4) is 27.9 Å². The molecule has 0 saturated carbocycles. The van der Waals surface area contributed by atoms with Crippen molar-refractivity contribution < 1.29 is 0 Å². The molecular formula is C54H38N2. The van der Waals surface area contributed by atoms with Gasteiger partial charge in [-0.15, -0.1) is 0 Å². The lowest BCUT2D eigenvalue weighted by Gasteiger charge is -2.26. The molecule has 0 N–H and O–H groups in total. The molecule has 11 rings (SSSR count). The molecule has 0 aliphatic heterocycles. The van der Waals surface area contributed by atoms with Gasteiger partial charge >= 0.3 is 0 Å². The van der Waals surface area contributed by atoms with Gasteiger partial charge in [0.2, 0.25) is 0 Å². The van der Waals surface area contributed by atoms with E-state index < -0.39 is 0 Å². The number of hydrogen-bond donors (Lipinski definition) is 0. The molecule has 1 heterocycles. The van der Waals surface area contributed by atoms with Crippen molar-refractivity contribution in [3.05, 3.63) is 205 Å². The summed E-state index contributed by atoms with van der Waals surface area (Å²) < 4.78 is 2.37. The zero-order valence-corrected chi connectivity index (χ0v) is 30.9. The summed E-state index contributed by atoms with van der Waals surface area (Å²) in [7, 11) is 0. The van der Waals surface area contributed by atoms with Crippen molar-refractivity contribution in [2.24, 2.45) is 0 Å². The molecule has 2 heteroatoms. The number of fused-ring (bicyclic) bond motifs is 9. The lowest BCUT2D eigenvalue weighted by atomic mass is 9.94. The van der Waals surface area contributed by atoms with E-state index in [0.717, 1.165) is 35.6 Å². The Hall–Kier alpha value is -7.16. The van der Waals surface area contributed by atoms with Crippen molar-refractivity contribution >= 4 is 72.6 Å². The predicted octanol–water partition coefficient (Wildman–Crippen LogP) is 13.2. The predicted molar refractivity (Wildman–Crippen MR) is 239 cm³/mol. The first kappa shape index (κ1) is 32.3. The first-order valence-electron chi connectivity index (χ1n) is 19.6. The van der Waals surface area contributed by atoms with Crippen LogP contribution >= 0.6 is 0 Å². The molecule has 1 aliphatic carbocycles. The number of anilines is 3. The van der Waals surface area contributed by atoms with E-state index in [1.165, 1.54) is 76.0 Å². The molecule has 10 aromatic rings. The van der Waals surface area contributed by atoms with Crippen molar-refractivity contribution in [1.82, 2.24) is 4.57 Å². The Balaban J connectivity index is 1.01. The number of nitrogens with zero attached hydrogens (tertiary/aromatic N) is 2. The summed E-state index contributed by atoms with van der Waals surface area (Å²) in [6.45, 7) is 0. The minimum atomic E-state index is 1.08. The molecule has 0 atom stereocenters. The Bertz CT molecular complexity index is 3160. The van der Waals surface area contributed by atoms with Crippen molar-refractivity contribution in [2.75, 3.05) is 4.90 Å². The number of rotatable bonds is 6. The molecule has 1 aromatic heterocycles. The van der Waals surface area contributed by atoms with E-state index in [1.807, 2.05) is 0 Å². The fraction of sp³-hybridized carbons (Fsp3) is 0.0370. The van der Waals surface area contributed by atoms with Crippen LogP contribution in [0.5, 0.6) is 0 Å². The maximum absolute atomic E-state index is 2.43. The molecular weight excluding hydrogens is 677 g/mol. The lowest BCUT2D eigenvalue weighted by Crippen LogP contribution is -2.28. The number of hydrogen-bond acceptors (Lipinski definition) is 1. The highest BCUT2D eigenvalue weighted by Crippen LogP contribution is 2.39. The fourth-order valence-corrected chi connectivity index (χ4v) is 8.95. The van der Waals surface area contributed by atoms with Crippen molar-refractivity contribution in [2.45, 2.75) is 12.8 Å². The lowest BCUT2D eigenvalue weighted by molar-refractivity contribution is 1.13. The van der Waals surface area contributed by atoms with E-state index in [1.54, 1.807) is 0 Å². The SMILES string of the molecule is C1=c2c(c3ccc(N(c4ccc(-c5ccccc5)cc4)c4ccc(-c5ccc(-n6c7ccccc7c7ccccc76)cc5)cc4)cc3c3ccccc23)=CCC1. The molecule has 264 valence electrons. The third kappa shape index (κ3) is 5.33. The Morgan fingerprint density at radius 3 is 1.32 bits per heavy atom. The quantitative estimate of drug-likeness (QED) is 0.156. The maximum Gasteiger partial charge on any atom is 0.0541 e. The summed E-state index contributed by atoms with van der Waals surface area (Å²) in [4.78, 5) is 2.40. The van der Waals surface area contributed by atoms with Gasteiger partial charge in [0.25, 0.3) is 0 Å². The number of aromatic nitrogens is 1. The van der Waals surface area contributed by atoms with Gasteiger partial charge in [-0.25, -0.2) is 0 Å². The highest BCUT2D eigenvalue weighted by atomic mass is 15.1. The molecule has 0 saturated heterocycles. The minimum absolute atomic E-state index is 1.08. The van der Waals surface area contributed by atoms with Crippen LogP contribution in [0.4, 0.5) is 17.1 Å². The van der Waals surface area contributed by atoms with Gasteiger partial charge in [-0.1, -0.05) is 146 Å². The van der Waals surface area contributed by atoms with Crippen LogP contribution in [-0.4, -0.2) is 4.57 Å². The standard InChI is InChI=1S/C54H38N2/c1-2-12-37(13-3-1)38-22-28-41(29-23-38)55(44-34-35-49-47-16-5-4-14-45(47)46-15-6-7-17-48(46)52(49)36-44)42-30-24-39(25-31-42)40-26-32-43(33-27-40)56-53-20-10-8-18-50(53)51-19-9-11-21-54(51)56/h1-3,6-36H,4-5H2. The molecule has 0 amide bonds. The van der Waals surface area contributed by atoms with E-state index in [0.29, 0.717) is 0 Å². The van der Waals surface area contributed by atoms with Gasteiger partial charge in [0.1, 0.15) is 0 Å². The first-order valence-corrected chi connectivity index (χ1v) is 19.6. The van der Waals surface area contributed by atoms with Crippen LogP contribution in [0.1, 0.15) is 12.8 Å². The first-order chi connectivity index (χ1) is 27.8. The largest absolute Gasteiger partial charge is 0.310 e. The summed E-state index contributed by atoms with van der Waals surface area (Å²) in [6.07, 6.45) is 7.02. The molecule has 9 aromatic carbocycles. The van der Waals surface area contributed by atoms with Gasteiger partial charge in [-0.2, -0.15) is 0 Å². The second-order valence-electron chi connectivity index (χ2n) is 14.8. The van der Waals surface area contributed by atoms with Crippen LogP contribution in [0.3, 0.4) is 0 Å². The fourth-order valence-electron chi connectivity index (χ4n) is 8.95. The van der Waals surface area contributed by atoms with Crippen molar-refractivity contribution in [3.63, 3.8) is 0 Å². The van der Waals surface area contributed by atoms with Crippen LogP contribution in [-0.2, 0) is 0 Å². The molecule has 1 aliphatic rings. The highest BCUT2D eigenvalue weighted by Gasteiger charge is 2.17. The summed E-state index contributed by atoms with van der Waals surface area (Å²) in [5.74, 6) is 0. The zero-order chi connectivity index (χ0) is 37.0. The molecule has 0 spiro atoms. The van der Waals surface area contributed by atoms with Gasteiger partial charge in [-0.05, 0) is 128 Å². The minimum Gasteiger partial charge on any atom is -0.310 e. The van der Waals surface area contributed by atoms with Crippen LogP contribution in [0.25, 0.3) is 83.4 Å². The van der Waals surface area contributed by atoms with E-state index in [-0.39, 0.29) is 0 Å². The highest BCUT2D eigenvalue weighted by molar-refractivity contribution is 6.10. The van der Waals surface area contributed by atoms with Crippen molar-refractivity contribution in [1.29, 1.82) is 0 Å². The van der Waals surface area contributed by atoms with E-state index in [9.17, 15) is 0 Å². The topological polar surface area (TPSA) is 8.17 Å².